The van der Waals surface area contributed by atoms with Gasteiger partial charge in [0.05, 0.1) is 16.8 Å². The molecule has 0 fully saturated rings. The van der Waals surface area contributed by atoms with Crippen molar-refractivity contribution < 1.29 is 4.92 Å². The van der Waals surface area contributed by atoms with E-state index in [1.54, 1.807) is 41.3 Å². The topological polar surface area (TPSA) is 99.9 Å². The van der Waals surface area contributed by atoms with Crippen molar-refractivity contribution in [3.63, 3.8) is 0 Å². The zero-order valence-electron chi connectivity index (χ0n) is 10.9. The molecule has 2 aromatic heterocycles. The number of benzene rings is 1. The molecular formula is C14H11N5O2. The third kappa shape index (κ3) is 2.44. The van der Waals surface area contributed by atoms with Gasteiger partial charge in [0, 0.05) is 23.9 Å². The maximum absolute atomic E-state index is 10.8. The molecule has 2 heterocycles. The summed E-state index contributed by atoms with van der Waals surface area (Å²) in [6, 6.07) is 11.6. The molecule has 0 aliphatic heterocycles. The SMILES string of the molecule is Nc1cn(-c2ccccn2)nc1-c1cccc([N+](=O)[O-])c1. The minimum atomic E-state index is -0.449. The average molecular weight is 281 g/mol. The van der Waals surface area contributed by atoms with Gasteiger partial charge in [0.15, 0.2) is 5.82 Å². The van der Waals surface area contributed by atoms with Crippen LogP contribution < -0.4 is 5.73 Å². The molecule has 0 amide bonds. The van der Waals surface area contributed by atoms with Crippen LogP contribution in [0.3, 0.4) is 0 Å². The minimum Gasteiger partial charge on any atom is -0.396 e. The van der Waals surface area contributed by atoms with Crippen LogP contribution in [0.25, 0.3) is 17.1 Å². The Morgan fingerprint density at radius 2 is 2.05 bits per heavy atom. The molecule has 0 atom stereocenters. The molecule has 0 unspecified atom stereocenters. The van der Waals surface area contributed by atoms with Gasteiger partial charge in [-0.25, -0.2) is 9.67 Å². The number of hydrogen-bond donors (Lipinski definition) is 1. The number of nitrogens with two attached hydrogens (primary N) is 1. The van der Waals surface area contributed by atoms with E-state index in [0.717, 1.165) is 0 Å². The molecular weight excluding hydrogens is 270 g/mol. The van der Waals surface area contributed by atoms with E-state index < -0.39 is 4.92 Å². The summed E-state index contributed by atoms with van der Waals surface area (Å²) in [5.74, 6) is 0.626. The summed E-state index contributed by atoms with van der Waals surface area (Å²) in [6.45, 7) is 0. The second-order valence-corrected chi connectivity index (χ2v) is 4.37. The second kappa shape index (κ2) is 5.04. The predicted molar refractivity (Wildman–Crippen MR) is 77.9 cm³/mol. The van der Waals surface area contributed by atoms with Gasteiger partial charge in [-0.1, -0.05) is 18.2 Å². The van der Waals surface area contributed by atoms with Crippen molar-refractivity contribution in [3.8, 4) is 17.1 Å². The van der Waals surface area contributed by atoms with Crippen molar-refractivity contribution in [2.75, 3.05) is 5.73 Å². The lowest BCUT2D eigenvalue weighted by Gasteiger charge is -1.99. The van der Waals surface area contributed by atoms with Gasteiger partial charge in [-0.2, -0.15) is 5.10 Å². The van der Waals surface area contributed by atoms with Gasteiger partial charge in [0.2, 0.25) is 0 Å². The first-order valence-corrected chi connectivity index (χ1v) is 6.16. The molecule has 0 spiro atoms. The van der Waals surface area contributed by atoms with Gasteiger partial charge in [-0.05, 0) is 12.1 Å². The standard InChI is InChI=1S/C14H11N5O2/c15-12-9-18(13-6-1-2-7-16-13)17-14(12)10-4-3-5-11(8-10)19(20)21/h1-9H,15H2. The Labute approximate surface area is 119 Å². The molecule has 0 radical (unpaired) electrons. The van der Waals surface area contributed by atoms with Crippen molar-refractivity contribution in [1.82, 2.24) is 14.8 Å². The Kier molecular flexibility index (Phi) is 3.07. The van der Waals surface area contributed by atoms with E-state index in [4.69, 9.17) is 5.73 Å². The quantitative estimate of drug-likeness (QED) is 0.587. The third-order valence-electron chi connectivity index (χ3n) is 2.96. The van der Waals surface area contributed by atoms with Crippen molar-refractivity contribution in [2.45, 2.75) is 0 Å². The molecule has 1 aromatic carbocycles. The van der Waals surface area contributed by atoms with Gasteiger partial charge >= 0.3 is 0 Å². The third-order valence-corrected chi connectivity index (χ3v) is 2.96. The highest BCUT2D eigenvalue weighted by molar-refractivity contribution is 5.73. The van der Waals surface area contributed by atoms with E-state index in [0.29, 0.717) is 22.8 Å². The number of nitrogens with zero attached hydrogens (tertiary/aromatic N) is 4. The summed E-state index contributed by atoms with van der Waals surface area (Å²) >= 11 is 0. The number of aromatic nitrogens is 3. The van der Waals surface area contributed by atoms with Crippen molar-refractivity contribution in [1.29, 1.82) is 0 Å². The molecule has 7 nitrogen and oxygen atoms in total. The highest BCUT2D eigenvalue weighted by Crippen LogP contribution is 2.27. The fourth-order valence-electron chi connectivity index (χ4n) is 1.99. The number of pyridine rings is 1. The summed E-state index contributed by atoms with van der Waals surface area (Å²) in [5.41, 5.74) is 7.47. The van der Waals surface area contributed by atoms with Crippen molar-refractivity contribution in [3.05, 3.63) is 65.0 Å². The first kappa shape index (κ1) is 12.8. The molecule has 3 rings (SSSR count). The Hall–Kier alpha value is -3.22. The van der Waals surface area contributed by atoms with Crippen LogP contribution in [0.1, 0.15) is 0 Å². The van der Waals surface area contributed by atoms with Gasteiger partial charge in [-0.3, -0.25) is 10.1 Å². The Morgan fingerprint density at radius 1 is 1.19 bits per heavy atom. The average Bonchev–Trinajstić information content (AvgIpc) is 2.90. The summed E-state index contributed by atoms with van der Waals surface area (Å²) in [6.07, 6.45) is 3.29. The van der Waals surface area contributed by atoms with Crippen LogP contribution in [0.15, 0.2) is 54.9 Å². The van der Waals surface area contributed by atoms with E-state index >= 15 is 0 Å². The zero-order chi connectivity index (χ0) is 14.8. The van der Waals surface area contributed by atoms with Crippen LogP contribution in [0, 0.1) is 10.1 Å². The Bertz CT molecular complexity index is 798. The van der Waals surface area contributed by atoms with Crippen LogP contribution >= 0.6 is 0 Å². The monoisotopic (exact) mass is 281 g/mol. The lowest BCUT2D eigenvalue weighted by Crippen LogP contribution is -1.97. The van der Waals surface area contributed by atoms with Crippen LogP contribution in [0.2, 0.25) is 0 Å². The molecule has 104 valence electrons. The van der Waals surface area contributed by atoms with Gasteiger partial charge < -0.3 is 5.73 Å². The predicted octanol–water partition coefficient (Wildman–Crippen LogP) is 2.42. The smallest absolute Gasteiger partial charge is 0.270 e. The van der Waals surface area contributed by atoms with E-state index in [1.807, 2.05) is 6.07 Å². The summed E-state index contributed by atoms with van der Waals surface area (Å²) in [5, 5.41) is 15.2. The van der Waals surface area contributed by atoms with Crippen LogP contribution in [0.4, 0.5) is 11.4 Å². The van der Waals surface area contributed by atoms with Crippen molar-refractivity contribution in [2.24, 2.45) is 0 Å². The van der Waals surface area contributed by atoms with Gasteiger partial charge in [0.1, 0.15) is 5.69 Å². The Morgan fingerprint density at radius 3 is 2.76 bits per heavy atom. The zero-order valence-corrected chi connectivity index (χ0v) is 10.9. The first-order chi connectivity index (χ1) is 10.1. The molecule has 2 N–H and O–H groups in total. The maximum Gasteiger partial charge on any atom is 0.270 e. The largest absolute Gasteiger partial charge is 0.396 e. The number of hydrogen-bond acceptors (Lipinski definition) is 5. The van der Waals surface area contributed by atoms with Crippen LogP contribution in [-0.4, -0.2) is 19.7 Å². The molecule has 0 aliphatic carbocycles. The normalized spacial score (nSPS) is 10.5. The maximum atomic E-state index is 10.8. The van der Waals surface area contributed by atoms with E-state index in [-0.39, 0.29) is 5.69 Å². The molecule has 7 heteroatoms. The highest BCUT2D eigenvalue weighted by Gasteiger charge is 2.13. The summed E-state index contributed by atoms with van der Waals surface area (Å²) in [4.78, 5) is 14.6. The van der Waals surface area contributed by atoms with E-state index in [2.05, 4.69) is 10.1 Å². The van der Waals surface area contributed by atoms with E-state index in [1.165, 1.54) is 12.1 Å². The second-order valence-electron chi connectivity index (χ2n) is 4.37. The lowest BCUT2D eigenvalue weighted by atomic mass is 10.1. The summed E-state index contributed by atoms with van der Waals surface area (Å²) < 4.78 is 1.55. The van der Waals surface area contributed by atoms with Crippen LogP contribution in [-0.2, 0) is 0 Å². The minimum absolute atomic E-state index is 0.000661. The fourth-order valence-corrected chi connectivity index (χ4v) is 1.99. The van der Waals surface area contributed by atoms with Crippen molar-refractivity contribution >= 4 is 11.4 Å². The van der Waals surface area contributed by atoms with Gasteiger partial charge in [0.25, 0.3) is 5.69 Å². The van der Waals surface area contributed by atoms with E-state index in [9.17, 15) is 10.1 Å². The molecule has 3 aromatic rings. The lowest BCUT2D eigenvalue weighted by molar-refractivity contribution is -0.384. The number of non-ortho nitro benzene ring substituents is 1. The number of rotatable bonds is 3. The molecule has 0 saturated carbocycles. The van der Waals surface area contributed by atoms with Crippen LogP contribution in [0.5, 0.6) is 0 Å². The number of nitrogen functional groups attached to an aromatic ring is 1. The number of nitro benzene ring substituents is 1. The van der Waals surface area contributed by atoms with Gasteiger partial charge in [-0.15, -0.1) is 0 Å². The highest BCUT2D eigenvalue weighted by atomic mass is 16.6. The molecule has 0 bridgehead atoms. The molecule has 0 aliphatic rings. The fraction of sp³-hybridized carbons (Fsp3) is 0. The molecule has 21 heavy (non-hydrogen) atoms. The number of anilines is 1. The first-order valence-electron chi connectivity index (χ1n) is 6.16. The summed E-state index contributed by atoms with van der Waals surface area (Å²) in [7, 11) is 0. The Balaban J connectivity index is 2.06. The molecule has 0 saturated heterocycles. The number of nitro groups is 1.